The van der Waals surface area contributed by atoms with Gasteiger partial charge in [0, 0.05) is 18.0 Å². The number of hydrogen-bond donors (Lipinski definition) is 1. The van der Waals surface area contributed by atoms with E-state index in [1.807, 2.05) is 42.6 Å². The number of hydrogen-bond acceptors (Lipinski definition) is 5. The molecule has 170 valence electrons. The fraction of sp³-hybridized carbons (Fsp3) is 0.261. The predicted octanol–water partition coefficient (Wildman–Crippen LogP) is 4.65. The van der Waals surface area contributed by atoms with E-state index >= 15 is 0 Å². The van der Waals surface area contributed by atoms with E-state index < -0.39 is 15.9 Å². The number of amides is 1. The van der Waals surface area contributed by atoms with Gasteiger partial charge in [-0.25, -0.2) is 8.42 Å². The summed E-state index contributed by atoms with van der Waals surface area (Å²) < 4.78 is 27.9. The van der Waals surface area contributed by atoms with E-state index in [-0.39, 0.29) is 28.1 Å². The minimum absolute atomic E-state index is 0.00157. The molecular weight excluding hydrogens is 466 g/mol. The van der Waals surface area contributed by atoms with Gasteiger partial charge in [0.2, 0.25) is 0 Å². The molecule has 32 heavy (non-hydrogen) atoms. The second-order valence-corrected chi connectivity index (χ2v) is 10.6. The smallest absolute Gasteiger partial charge is 0.264 e. The van der Waals surface area contributed by atoms with Crippen LogP contribution in [-0.2, 0) is 10.0 Å². The van der Waals surface area contributed by atoms with Crippen LogP contribution in [0.15, 0.2) is 70.9 Å². The van der Waals surface area contributed by atoms with Crippen molar-refractivity contribution in [3.63, 3.8) is 0 Å². The van der Waals surface area contributed by atoms with E-state index in [1.54, 1.807) is 42.5 Å². The molecule has 1 N–H and O–H groups in total. The number of benzene rings is 2. The van der Waals surface area contributed by atoms with E-state index in [9.17, 15) is 13.2 Å². The zero-order valence-electron chi connectivity index (χ0n) is 18.2. The quantitative estimate of drug-likeness (QED) is 0.473. The van der Waals surface area contributed by atoms with Crippen molar-refractivity contribution in [1.82, 2.24) is 10.2 Å². The Morgan fingerprint density at radius 3 is 2.41 bits per heavy atom. The summed E-state index contributed by atoms with van der Waals surface area (Å²) in [6.45, 7) is 2.38. The Balaban J connectivity index is 1.85. The fourth-order valence-electron chi connectivity index (χ4n) is 3.35. The van der Waals surface area contributed by atoms with Crippen LogP contribution >= 0.6 is 22.9 Å². The lowest BCUT2D eigenvalue weighted by Gasteiger charge is -2.24. The molecule has 0 fully saturated rings. The van der Waals surface area contributed by atoms with E-state index in [0.717, 1.165) is 4.88 Å². The maximum Gasteiger partial charge on any atom is 0.264 e. The van der Waals surface area contributed by atoms with Gasteiger partial charge in [-0.3, -0.25) is 9.10 Å². The van der Waals surface area contributed by atoms with Crippen LogP contribution in [0, 0.1) is 0 Å². The summed E-state index contributed by atoms with van der Waals surface area (Å²) in [6.07, 6.45) is 0. The number of rotatable bonds is 9. The van der Waals surface area contributed by atoms with E-state index in [1.165, 1.54) is 22.5 Å². The molecule has 1 unspecified atom stereocenters. The van der Waals surface area contributed by atoms with Crippen LogP contribution < -0.4 is 9.62 Å². The monoisotopic (exact) mass is 491 g/mol. The summed E-state index contributed by atoms with van der Waals surface area (Å²) in [5.74, 6) is -0.418. The van der Waals surface area contributed by atoms with Crippen LogP contribution in [0.2, 0.25) is 5.02 Å². The summed E-state index contributed by atoms with van der Waals surface area (Å²) >= 11 is 7.89. The Hall–Kier alpha value is -2.39. The van der Waals surface area contributed by atoms with Crippen LogP contribution in [0.3, 0.4) is 0 Å². The number of likely N-dealkylation sites (N-methyl/N-ethyl adjacent to an activating group) is 1. The van der Waals surface area contributed by atoms with Crippen LogP contribution in [0.5, 0.6) is 0 Å². The summed E-state index contributed by atoms with van der Waals surface area (Å²) in [7, 11) is 0.0192. The summed E-state index contributed by atoms with van der Waals surface area (Å²) in [4.78, 5) is 16.1. The first-order valence-electron chi connectivity index (χ1n) is 10.1. The van der Waals surface area contributed by atoms with Gasteiger partial charge >= 0.3 is 0 Å². The van der Waals surface area contributed by atoms with Gasteiger partial charge in [-0.15, -0.1) is 11.3 Å². The number of carbonyl (C=O) groups excluding carboxylic acids is 1. The first-order chi connectivity index (χ1) is 15.3. The van der Waals surface area contributed by atoms with Crippen molar-refractivity contribution in [1.29, 1.82) is 0 Å². The Labute approximate surface area is 198 Å². The Kier molecular flexibility index (Phi) is 7.95. The molecule has 9 heteroatoms. The van der Waals surface area contributed by atoms with Crippen LogP contribution in [0.1, 0.15) is 28.2 Å². The second kappa shape index (κ2) is 10.5. The molecule has 0 spiro atoms. The number of anilines is 1. The molecule has 1 amide bonds. The van der Waals surface area contributed by atoms with Crippen molar-refractivity contribution in [2.75, 3.05) is 31.5 Å². The van der Waals surface area contributed by atoms with Crippen molar-refractivity contribution in [3.05, 3.63) is 81.5 Å². The van der Waals surface area contributed by atoms with Gasteiger partial charge < -0.3 is 10.2 Å². The molecule has 0 aliphatic rings. The molecule has 1 heterocycles. The van der Waals surface area contributed by atoms with Crippen molar-refractivity contribution in [2.24, 2.45) is 0 Å². The third-order valence-electron chi connectivity index (χ3n) is 5.05. The number of thiophene rings is 1. The van der Waals surface area contributed by atoms with Gasteiger partial charge in [-0.2, -0.15) is 0 Å². The molecule has 0 aliphatic heterocycles. The highest BCUT2D eigenvalue weighted by Crippen LogP contribution is 2.27. The molecule has 0 saturated heterocycles. The molecule has 0 aliphatic carbocycles. The summed E-state index contributed by atoms with van der Waals surface area (Å²) in [6, 6.07) is 17.1. The van der Waals surface area contributed by atoms with Gasteiger partial charge in [-0.05, 0) is 62.8 Å². The van der Waals surface area contributed by atoms with Gasteiger partial charge in [0.05, 0.1) is 27.2 Å². The van der Waals surface area contributed by atoms with Crippen LogP contribution in [0.25, 0.3) is 0 Å². The van der Waals surface area contributed by atoms with Crippen molar-refractivity contribution in [2.45, 2.75) is 17.9 Å². The number of sulfonamides is 1. The number of nitrogens with zero attached hydrogens (tertiary/aromatic N) is 2. The van der Waals surface area contributed by atoms with E-state index in [0.29, 0.717) is 12.2 Å². The van der Waals surface area contributed by atoms with E-state index in [4.69, 9.17) is 11.6 Å². The maximum absolute atomic E-state index is 13.3. The molecule has 0 radical (unpaired) electrons. The molecule has 3 rings (SSSR count). The molecule has 2 aromatic carbocycles. The summed E-state index contributed by atoms with van der Waals surface area (Å²) in [5, 5.41) is 5.08. The molecule has 6 nitrogen and oxygen atoms in total. The van der Waals surface area contributed by atoms with Gasteiger partial charge in [0.1, 0.15) is 0 Å². The number of halogens is 1. The molecular formula is C23H26ClN3O3S2. The minimum atomic E-state index is -3.87. The lowest BCUT2D eigenvalue weighted by atomic mass is 10.2. The number of para-hydroxylation sites is 1. The van der Waals surface area contributed by atoms with Gasteiger partial charge in [0.25, 0.3) is 15.9 Å². The maximum atomic E-state index is 13.3. The minimum Gasteiger partial charge on any atom is -0.350 e. The SMILES string of the molecule is CCN(c1ccccc1)S(=O)(=O)c1ccc(Cl)c(C(=O)NCC(c2cccs2)N(C)C)c1. The van der Waals surface area contributed by atoms with Crippen LogP contribution in [-0.4, -0.2) is 46.4 Å². The highest BCUT2D eigenvalue weighted by molar-refractivity contribution is 7.92. The largest absolute Gasteiger partial charge is 0.350 e. The molecule has 0 saturated carbocycles. The highest BCUT2D eigenvalue weighted by Gasteiger charge is 2.26. The third kappa shape index (κ3) is 5.32. The number of nitrogens with one attached hydrogen (secondary N) is 1. The first kappa shape index (κ1) is 24.3. The Bertz CT molecular complexity index is 1150. The lowest BCUT2D eigenvalue weighted by molar-refractivity contribution is 0.0942. The second-order valence-electron chi connectivity index (χ2n) is 7.35. The molecule has 3 aromatic rings. The Morgan fingerprint density at radius 1 is 1.09 bits per heavy atom. The van der Waals surface area contributed by atoms with Crippen molar-refractivity contribution >= 4 is 44.6 Å². The first-order valence-corrected chi connectivity index (χ1v) is 12.8. The lowest BCUT2D eigenvalue weighted by Crippen LogP contribution is -2.34. The van der Waals surface area contributed by atoms with Gasteiger partial charge in [-0.1, -0.05) is 35.9 Å². The zero-order valence-corrected chi connectivity index (χ0v) is 20.5. The Morgan fingerprint density at radius 2 is 1.81 bits per heavy atom. The summed E-state index contributed by atoms with van der Waals surface area (Å²) in [5.41, 5.74) is 0.682. The standard InChI is InChI=1S/C23H26ClN3O3S2/c1-4-27(17-9-6-5-7-10-17)32(29,30)18-12-13-20(24)19(15-18)23(28)25-16-21(26(2)3)22-11-8-14-31-22/h5-15,21H,4,16H2,1-3H3,(H,25,28). The third-order valence-corrected chi connectivity index (χ3v) is 8.25. The average molecular weight is 492 g/mol. The van der Waals surface area contributed by atoms with Crippen molar-refractivity contribution in [3.8, 4) is 0 Å². The van der Waals surface area contributed by atoms with Crippen LogP contribution in [0.4, 0.5) is 5.69 Å². The highest BCUT2D eigenvalue weighted by atomic mass is 35.5. The molecule has 0 bridgehead atoms. The predicted molar refractivity (Wildman–Crippen MR) is 131 cm³/mol. The van der Waals surface area contributed by atoms with Crippen molar-refractivity contribution < 1.29 is 13.2 Å². The molecule has 1 atom stereocenters. The van der Waals surface area contributed by atoms with Gasteiger partial charge in [0.15, 0.2) is 0 Å². The zero-order chi connectivity index (χ0) is 23.3. The fourth-order valence-corrected chi connectivity index (χ4v) is 5.98. The number of carbonyl (C=O) groups is 1. The topological polar surface area (TPSA) is 69.7 Å². The van der Waals surface area contributed by atoms with E-state index in [2.05, 4.69) is 5.32 Å². The average Bonchev–Trinajstić information content (AvgIpc) is 3.29. The normalized spacial score (nSPS) is 12.5. The molecule has 1 aromatic heterocycles.